The van der Waals surface area contributed by atoms with Crippen molar-refractivity contribution in [2.24, 2.45) is 0 Å². The Morgan fingerprint density at radius 2 is 1.93 bits per heavy atom. The summed E-state index contributed by atoms with van der Waals surface area (Å²) in [5.74, 6) is -0.818. The van der Waals surface area contributed by atoms with Gasteiger partial charge in [-0.15, -0.1) is 0 Å². The van der Waals surface area contributed by atoms with Gasteiger partial charge in [0.25, 0.3) is 0 Å². The van der Waals surface area contributed by atoms with Crippen molar-refractivity contribution in [2.45, 2.75) is 19.5 Å². The van der Waals surface area contributed by atoms with Crippen LogP contribution in [0.25, 0.3) is 0 Å². The Bertz CT molecular complexity index is 228. The molecule has 0 aliphatic rings. The van der Waals surface area contributed by atoms with Gasteiger partial charge in [-0.25, -0.2) is 0 Å². The molecule has 0 aromatic rings. The monoisotopic (exact) mass is 227 g/mol. The van der Waals surface area contributed by atoms with Gasteiger partial charge in [-0.05, 0) is 6.92 Å². The number of carbonyl (C=O) groups excluding carboxylic acids is 2. The third-order valence-corrected chi connectivity index (χ3v) is 1.24. The van der Waals surface area contributed by atoms with Crippen molar-refractivity contribution in [3.63, 3.8) is 0 Å². The van der Waals surface area contributed by atoms with Crippen molar-refractivity contribution < 1.29 is 27.5 Å². The maximum atomic E-state index is 11.6. The summed E-state index contributed by atoms with van der Waals surface area (Å²) in [5.41, 5.74) is 0. The molecular formula is C8H12F3NO3. The molecule has 0 atom stereocenters. The molecule has 0 rings (SSSR count). The van der Waals surface area contributed by atoms with E-state index in [0.717, 1.165) is 0 Å². The summed E-state index contributed by atoms with van der Waals surface area (Å²) in [5, 5.41) is 2.25. The second-order valence-electron chi connectivity index (χ2n) is 2.90. The Labute approximate surface area is 84.8 Å². The molecule has 0 bridgehead atoms. The number of nitrogens with one attached hydrogen (secondary N) is 1. The second kappa shape index (κ2) is 6.39. The predicted molar refractivity (Wildman–Crippen MR) is 45.2 cm³/mol. The van der Waals surface area contributed by atoms with Gasteiger partial charge in [0, 0.05) is 6.54 Å². The van der Waals surface area contributed by atoms with Crippen LogP contribution in [0.3, 0.4) is 0 Å². The maximum Gasteiger partial charge on any atom is 0.411 e. The van der Waals surface area contributed by atoms with Crippen molar-refractivity contribution in [1.29, 1.82) is 0 Å². The second-order valence-corrected chi connectivity index (χ2v) is 2.90. The van der Waals surface area contributed by atoms with Crippen LogP contribution in [0.5, 0.6) is 0 Å². The zero-order valence-electron chi connectivity index (χ0n) is 8.19. The fourth-order valence-electron chi connectivity index (χ4n) is 0.739. The van der Waals surface area contributed by atoms with E-state index in [0.29, 0.717) is 0 Å². The van der Waals surface area contributed by atoms with Gasteiger partial charge in [0.2, 0.25) is 5.91 Å². The van der Waals surface area contributed by atoms with Gasteiger partial charge in [0.1, 0.15) is 12.4 Å². The molecule has 7 heteroatoms. The fourth-order valence-corrected chi connectivity index (χ4v) is 0.739. The van der Waals surface area contributed by atoms with E-state index in [2.05, 4.69) is 10.1 Å². The lowest BCUT2D eigenvalue weighted by Gasteiger charge is -2.07. The maximum absolute atomic E-state index is 11.6. The number of alkyl halides is 3. The van der Waals surface area contributed by atoms with Crippen LogP contribution >= 0.6 is 0 Å². The molecule has 0 unspecified atom stereocenters. The average molecular weight is 227 g/mol. The van der Waals surface area contributed by atoms with Crippen LogP contribution in [0, 0.1) is 0 Å². The zero-order chi connectivity index (χ0) is 11.9. The number of ether oxygens (including phenoxy) is 1. The molecule has 0 aromatic heterocycles. The first-order valence-corrected chi connectivity index (χ1v) is 4.22. The van der Waals surface area contributed by atoms with Crippen LogP contribution in [-0.2, 0) is 14.3 Å². The minimum atomic E-state index is -4.36. The number of rotatable bonds is 6. The van der Waals surface area contributed by atoms with E-state index in [-0.39, 0.29) is 25.4 Å². The average Bonchev–Trinajstić information content (AvgIpc) is 1.99. The number of amides is 1. The lowest BCUT2D eigenvalue weighted by molar-refractivity contribution is -0.173. The SMILES string of the molecule is CC(=O)CC(=O)NCCOCC(F)(F)F. The molecule has 0 fully saturated rings. The van der Waals surface area contributed by atoms with E-state index < -0.39 is 18.7 Å². The minimum absolute atomic E-state index is 0.0395. The van der Waals surface area contributed by atoms with Crippen LogP contribution in [0.4, 0.5) is 13.2 Å². The molecule has 4 nitrogen and oxygen atoms in total. The fraction of sp³-hybridized carbons (Fsp3) is 0.750. The van der Waals surface area contributed by atoms with Gasteiger partial charge in [0.05, 0.1) is 13.0 Å². The summed E-state index contributed by atoms with van der Waals surface area (Å²) in [4.78, 5) is 21.2. The van der Waals surface area contributed by atoms with Crippen molar-refractivity contribution in [2.75, 3.05) is 19.8 Å². The van der Waals surface area contributed by atoms with Gasteiger partial charge in [-0.3, -0.25) is 9.59 Å². The van der Waals surface area contributed by atoms with Gasteiger partial charge in [-0.1, -0.05) is 0 Å². The number of carbonyl (C=O) groups is 2. The topological polar surface area (TPSA) is 55.4 Å². The first-order valence-electron chi connectivity index (χ1n) is 4.22. The Morgan fingerprint density at radius 3 is 2.40 bits per heavy atom. The summed E-state index contributed by atoms with van der Waals surface area (Å²) < 4.78 is 38.9. The highest BCUT2D eigenvalue weighted by molar-refractivity contribution is 5.96. The molecule has 0 aliphatic heterocycles. The molecule has 0 aromatic carbocycles. The summed E-state index contributed by atoms with van der Waals surface area (Å²) in [6, 6.07) is 0. The minimum Gasteiger partial charge on any atom is -0.370 e. The largest absolute Gasteiger partial charge is 0.411 e. The number of Topliss-reactive ketones (excluding diaryl/α,β-unsaturated/α-hetero) is 1. The third kappa shape index (κ3) is 10.8. The number of hydrogen-bond acceptors (Lipinski definition) is 3. The Hall–Kier alpha value is -1.11. The van der Waals surface area contributed by atoms with E-state index >= 15 is 0 Å². The van der Waals surface area contributed by atoms with E-state index in [1.807, 2.05) is 0 Å². The molecule has 1 amide bonds. The van der Waals surface area contributed by atoms with E-state index in [1.165, 1.54) is 6.92 Å². The molecule has 0 aliphatic carbocycles. The standard InChI is InChI=1S/C8H12F3NO3/c1-6(13)4-7(14)12-2-3-15-5-8(9,10)11/h2-5H2,1H3,(H,12,14). The van der Waals surface area contributed by atoms with Crippen LogP contribution < -0.4 is 5.32 Å². The summed E-state index contributed by atoms with van der Waals surface area (Å²) in [6.07, 6.45) is -4.62. The zero-order valence-corrected chi connectivity index (χ0v) is 8.19. The van der Waals surface area contributed by atoms with Crippen LogP contribution in [0.2, 0.25) is 0 Å². The van der Waals surface area contributed by atoms with Gasteiger partial charge >= 0.3 is 6.18 Å². The van der Waals surface area contributed by atoms with Crippen molar-refractivity contribution in [3.05, 3.63) is 0 Å². The number of ketones is 1. The Morgan fingerprint density at radius 1 is 1.33 bits per heavy atom. The summed E-state index contributed by atoms with van der Waals surface area (Å²) in [6.45, 7) is -0.360. The number of halogens is 3. The molecular weight excluding hydrogens is 215 g/mol. The van der Waals surface area contributed by atoms with Gasteiger partial charge < -0.3 is 10.1 Å². The number of hydrogen-bond donors (Lipinski definition) is 1. The summed E-state index contributed by atoms with van der Waals surface area (Å²) in [7, 11) is 0. The third-order valence-electron chi connectivity index (χ3n) is 1.24. The molecule has 0 radical (unpaired) electrons. The highest BCUT2D eigenvalue weighted by atomic mass is 19.4. The van der Waals surface area contributed by atoms with Crippen molar-refractivity contribution >= 4 is 11.7 Å². The van der Waals surface area contributed by atoms with Crippen LogP contribution in [0.1, 0.15) is 13.3 Å². The predicted octanol–water partition coefficient (Wildman–Crippen LogP) is 0.661. The molecule has 0 heterocycles. The molecule has 15 heavy (non-hydrogen) atoms. The van der Waals surface area contributed by atoms with Crippen molar-refractivity contribution in [3.8, 4) is 0 Å². The summed E-state index contributed by atoms with van der Waals surface area (Å²) >= 11 is 0. The highest BCUT2D eigenvalue weighted by Crippen LogP contribution is 2.13. The Kier molecular flexibility index (Phi) is 5.92. The van der Waals surface area contributed by atoms with E-state index in [4.69, 9.17) is 0 Å². The van der Waals surface area contributed by atoms with E-state index in [1.54, 1.807) is 0 Å². The molecule has 88 valence electrons. The Balaban J connectivity index is 3.39. The normalized spacial score (nSPS) is 11.2. The lowest BCUT2D eigenvalue weighted by atomic mass is 10.3. The van der Waals surface area contributed by atoms with Crippen LogP contribution in [-0.4, -0.2) is 37.6 Å². The molecule has 1 N–H and O–H groups in total. The van der Waals surface area contributed by atoms with Gasteiger partial charge in [-0.2, -0.15) is 13.2 Å². The first kappa shape index (κ1) is 13.9. The smallest absolute Gasteiger partial charge is 0.370 e. The first-order chi connectivity index (χ1) is 6.81. The molecule has 0 saturated heterocycles. The molecule has 0 saturated carbocycles. The van der Waals surface area contributed by atoms with Crippen molar-refractivity contribution in [1.82, 2.24) is 5.32 Å². The quantitative estimate of drug-likeness (QED) is 0.535. The van der Waals surface area contributed by atoms with E-state index in [9.17, 15) is 22.8 Å². The van der Waals surface area contributed by atoms with Gasteiger partial charge in [0.15, 0.2) is 0 Å². The lowest BCUT2D eigenvalue weighted by Crippen LogP contribution is -2.29. The molecule has 0 spiro atoms. The van der Waals surface area contributed by atoms with Crippen LogP contribution in [0.15, 0.2) is 0 Å². The highest BCUT2D eigenvalue weighted by Gasteiger charge is 2.27.